The fourth-order valence-electron chi connectivity index (χ4n) is 1.35. The molecule has 1 aliphatic heterocycles. The molecule has 1 N–H and O–H groups in total. The smallest absolute Gasteiger partial charge is 0.142 e. The van der Waals surface area contributed by atoms with Gasteiger partial charge in [0.25, 0.3) is 0 Å². The van der Waals surface area contributed by atoms with Gasteiger partial charge in [0.05, 0.1) is 5.02 Å². The molecule has 0 bridgehead atoms. The number of rotatable bonds is 0. The molecular formula is C9H10BrCl2NO. The summed E-state index contributed by atoms with van der Waals surface area (Å²) in [5.41, 5.74) is 1.11. The van der Waals surface area contributed by atoms with Crippen molar-refractivity contribution in [2.75, 3.05) is 13.2 Å². The van der Waals surface area contributed by atoms with E-state index in [1.807, 2.05) is 12.1 Å². The van der Waals surface area contributed by atoms with E-state index in [-0.39, 0.29) is 12.4 Å². The van der Waals surface area contributed by atoms with Gasteiger partial charge in [0.15, 0.2) is 0 Å². The number of ether oxygens (including phenoxy) is 1. The monoisotopic (exact) mass is 297 g/mol. The summed E-state index contributed by atoms with van der Waals surface area (Å²) in [6, 6.07) is 3.88. The average molecular weight is 299 g/mol. The molecule has 0 radical (unpaired) electrons. The first-order chi connectivity index (χ1) is 6.27. The van der Waals surface area contributed by atoms with Gasteiger partial charge in [-0.25, -0.2) is 0 Å². The lowest BCUT2D eigenvalue weighted by Crippen LogP contribution is -2.16. The molecule has 14 heavy (non-hydrogen) atoms. The van der Waals surface area contributed by atoms with Crippen LogP contribution in [0.4, 0.5) is 0 Å². The summed E-state index contributed by atoms with van der Waals surface area (Å²) in [5, 5.41) is 3.93. The van der Waals surface area contributed by atoms with Crippen molar-refractivity contribution >= 4 is 39.9 Å². The van der Waals surface area contributed by atoms with Crippen LogP contribution >= 0.6 is 39.9 Å². The highest BCUT2D eigenvalue weighted by Crippen LogP contribution is 2.33. The Bertz CT molecular complexity index is 333. The van der Waals surface area contributed by atoms with Gasteiger partial charge >= 0.3 is 0 Å². The van der Waals surface area contributed by atoms with E-state index >= 15 is 0 Å². The molecule has 1 aliphatic rings. The van der Waals surface area contributed by atoms with Gasteiger partial charge < -0.3 is 10.1 Å². The SMILES string of the molecule is Cl.Clc1cc(Br)cc2c1OCCNC2. The predicted molar refractivity (Wildman–Crippen MR) is 63.6 cm³/mol. The summed E-state index contributed by atoms with van der Waals surface area (Å²) in [6.45, 7) is 2.35. The fourth-order valence-corrected chi connectivity index (χ4v) is 2.29. The van der Waals surface area contributed by atoms with E-state index in [1.165, 1.54) is 0 Å². The van der Waals surface area contributed by atoms with Gasteiger partial charge in [0.1, 0.15) is 12.4 Å². The lowest BCUT2D eigenvalue weighted by molar-refractivity contribution is 0.326. The van der Waals surface area contributed by atoms with Gasteiger partial charge in [-0.3, -0.25) is 0 Å². The molecule has 1 heterocycles. The first kappa shape index (κ1) is 12.1. The highest BCUT2D eigenvalue weighted by molar-refractivity contribution is 9.10. The molecule has 1 aromatic rings. The molecule has 2 rings (SSSR count). The Morgan fingerprint density at radius 3 is 3.00 bits per heavy atom. The van der Waals surface area contributed by atoms with Crippen LogP contribution in [-0.4, -0.2) is 13.2 Å². The summed E-state index contributed by atoms with van der Waals surface area (Å²) in [7, 11) is 0. The van der Waals surface area contributed by atoms with Crippen molar-refractivity contribution in [1.29, 1.82) is 0 Å². The van der Waals surface area contributed by atoms with Crippen LogP contribution in [0, 0.1) is 0 Å². The Hall–Kier alpha value is 0.0400. The van der Waals surface area contributed by atoms with Crippen molar-refractivity contribution in [3.8, 4) is 5.75 Å². The van der Waals surface area contributed by atoms with Crippen LogP contribution in [0.1, 0.15) is 5.56 Å². The Morgan fingerprint density at radius 1 is 1.43 bits per heavy atom. The molecular weight excluding hydrogens is 289 g/mol. The van der Waals surface area contributed by atoms with Crippen LogP contribution in [0.3, 0.4) is 0 Å². The second-order valence-electron chi connectivity index (χ2n) is 2.90. The maximum absolute atomic E-state index is 6.04. The zero-order valence-corrected chi connectivity index (χ0v) is 10.5. The summed E-state index contributed by atoms with van der Waals surface area (Å²) < 4.78 is 6.51. The van der Waals surface area contributed by atoms with Gasteiger partial charge in [0.2, 0.25) is 0 Å². The predicted octanol–water partition coefficient (Wildman–Crippen LogP) is 3.01. The van der Waals surface area contributed by atoms with Crippen LogP contribution < -0.4 is 10.1 Å². The number of fused-ring (bicyclic) bond motifs is 1. The van der Waals surface area contributed by atoms with Crippen molar-refractivity contribution in [2.24, 2.45) is 0 Å². The van der Waals surface area contributed by atoms with E-state index < -0.39 is 0 Å². The van der Waals surface area contributed by atoms with Crippen molar-refractivity contribution in [2.45, 2.75) is 6.54 Å². The number of halogens is 3. The Kier molecular flexibility index (Phi) is 4.51. The van der Waals surface area contributed by atoms with Gasteiger partial charge in [-0.15, -0.1) is 12.4 Å². The largest absolute Gasteiger partial charge is 0.490 e. The molecule has 0 aromatic heterocycles. The third-order valence-corrected chi connectivity index (χ3v) is 2.66. The summed E-state index contributed by atoms with van der Waals surface area (Å²) in [6.07, 6.45) is 0. The van der Waals surface area contributed by atoms with E-state index in [9.17, 15) is 0 Å². The van der Waals surface area contributed by atoms with Crippen LogP contribution in [0.15, 0.2) is 16.6 Å². The van der Waals surface area contributed by atoms with E-state index in [0.29, 0.717) is 11.6 Å². The Balaban J connectivity index is 0.000000980. The van der Waals surface area contributed by atoms with Crippen molar-refractivity contribution in [3.05, 3.63) is 27.2 Å². The number of hydrogen-bond donors (Lipinski definition) is 1. The minimum atomic E-state index is 0. The third kappa shape index (κ3) is 2.54. The first-order valence-corrected chi connectivity index (χ1v) is 5.26. The lowest BCUT2D eigenvalue weighted by atomic mass is 10.2. The molecule has 2 nitrogen and oxygen atoms in total. The standard InChI is InChI=1S/C9H9BrClNO.ClH/c10-7-3-6-5-12-1-2-13-9(6)8(11)4-7;/h3-4,12H,1-2,5H2;1H. The summed E-state index contributed by atoms with van der Waals surface area (Å²) in [4.78, 5) is 0. The molecule has 0 saturated carbocycles. The minimum absolute atomic E-state index is 0. The average Bonchev–Trinajstić information content (AvgIpc) is 2.28. The van der Waals surface area contributed by atoms with Crippen molar-refractivity contribution in [1.82, 2.24) is 5.32 Å². The van der Waals surface area contributed by atoms with Crippen molar-refractivity contribution in [3.63, 3.8) is 0 Å². The zero-order valence-electron chi connectivity index (χ0n) is 7.35. The number of hydrogen-bond acceptors (Lipinski definition) is 2. The third-order valence-electron chi connectivity index (χ3n) is 1.93. The maximum atomic E-state index is 6.04. The Morgan fingerprint density at radius 2 is 2.21 bits per heavy atom. The van der Waals surface area contributed by atoms with E-state index in [0.717, 1.165) is 28.9 Å². The maximum Gasteiger partial charge on any atom is 0.142 e. The Labute approximate surface area is 103 Å². The topological polar surface area (TPSA) is 21.3 Å². The van der Waals surface area contributed by atoms with E-state index in [4.69, 9.17) is 16.3 Å². The summed E-state index contributed by atoms with van der Waals surface area (Å²) >= 11 is 9.44. The second-order valence-corrected chi connectivity index (χ2v) is 4.22. The number of benzene rings is 1. The summed E-state index contributed by atoms with van der Waals surface area (Å²) in [5.74, 6) is 0.815. The first-order valence-electron chi connectivity index (χ1n) is 4.09. The molecule has 0 spiro atoms. The zero-order chi connectivity index (χ0) is 9.26. The fraction of sp³-hybridized carbons (Fsp3) is 0.333. The lowest BCUT2D eigenvalue weighted by Gasteiger charge is -2.08. The highest BCUT2D eigenvalue weighted by atomic mass is 79.9. The quantitative estimate of drug-likeness (QED) is 0.795. The van der Waals surface area contributed by atoms with Crippen LogP contribution in [0.2, 0.25) is 5.02 Å². The van der Waals surface area contributed by atoms with E-state index in [1.54, 1.807) is 0 Å². The van der Waals surface area contributed by atoms with Crippen molar-refractivity contribution < 1.29 is 4.74 Å². The molecule has 78 valence electrons. The van der Waals surface area contributed by atoms with Gasteiger partial charge in [0, 0.05) is 23.1 Å². The van der Waals surface area contributed by atoms with Crippen LogP contribution in [0.25, 0.3) is 0 Å². The van der Waals surface area contributed by atoms with Gasteiger partial charge in [-0.1, -0.05) is 27.5 Å². The molecule has 0 aliphatic carbocycles. The van der Waals surface area contributed by atoms with Crippen LogP contribution in [-0.2, 0) is 6.54 Å². The molecule has 5 heteroatoms. The molecule has 1 aromatic carbocycles. The van der Waals surface area contributed by atoms with E-state index in [2.05, 4.69) is 21.2 Å². The second kappa shape index (κ2) is 5.21. The van der Waals surface area contributed by atoms with Gasteiger partial charge in [-0.05, 0) is 12.1 Å². The van der Waals surface area contributed by atoms with Crippen LogP contribution in [0.5, 0.6) is 5.75 Å². The number of nitrogens with one attached hydrogen (secondary N) is 1. The molecule has 0 saturated heterocycles. The highest BCUT2D eigenvalue weighted by Gasteiger charge is 2.12. The molecule has 0 fully saturated rings. The molecule has 0 amide bonds. The minimum Gasteiger partial charge on any atom is -0.490 e. The van der Waals surface area contributed by atoms with Gasteiger partial charge in [-0.2, -0.15) is 0 Å². The normalized spacial score (nSPS) is 14.7. The molecule has 0 atom stereocenters. The molecule has 0 unspecified atom stereocenters.